The standard InChI is InChI=1S/C17H19FN4O2/c18-9-1-3-14-12(7-9)11(5-6-20-14)17(24)22-16(19)13-8-10(23)2-4-15(13)21-22/h1,3,7,10-11,20,23H,2,4-6,8,19H2/t10-,11+/m1/s1. The molecule has 0 bridgehead atoms. The summed E-state index contributed by atoms with van der Waals surface area (Å²) >= 11 is 0. The summed E-state index contributed by atoms with van der Waals surface area (Å²) in [5.74, 6) is -0.799. The molecule has 1 aliphatic carbocycles. The van der Waals surface area contributed by atoms with Gasteiger partial charge in [0.15, 0.2) is 0 Å². The Morgan fingerprint density at radius 3 is 3.08 bits per heavy atom. The smallest absolute Gasteiger partial charge is 0.256 e. The summed E-state index contributed by atoms with van der Waals surface area (Å²) in [5, 5.41) is 17.4. The van der Waals surface area contributed by atoms with Crippen LogP contribution in [-0.2, 0) is 12.8 Å². The van der Waals surface area contributed by atoms with Crippen LogP contribution in [0.15, 0.2) is 18.2 Å². The van der Waals surface area contributed by atoms with Crippen molar-refractivity contribution in [1.29, 1.82) is 0 Å². The van der Waals surface area contributed by atoms with Crippen LogP contribution in [0, 0.1) is 5.82 Å². The van der Waals surface area contributed by atoms with Gasteiger partial charge in [-0.2, -0.15) is 9.78 Å². The zero-order chi connectivity index (χ0) is 16.8. The number of fused-ring (bicyclic) bond motifs is 2. The van der Waals surface area contributed by atoms with E-state index >= 15 is 0 Å². The average Bonchev–Trinajstić information content (AvgIpc) is 2.90. The summed E-state index contributed by atoms with van der Waals surface area (Å²) in [6, 6.07) is 4.42. The van der Waals surface area contributed by atoms with Crippen LogP contribution < -0.4 is 11.1 Å². The highest BCUT2D eigenvalue weighted by molar-refractivity contribution is 5.90. The lowest BCUT2D eigenvalue weighted by molar-refractivity contribution is 0.0859. The lowest BCUT2D eigenvalue weighted by atomic mass is 9.90. The Morgan fingerprint density at radius 1 is 1.42 bits per heavy atom. The summed E-state index contributed by atoms with van der Waals surface area (Å²) < 4.78 is 14.9. The number of carbonyl (C=O) groups is 1. The maximum Gasteiger partial charge on any atom is 0.256 e. The predicted octanol–water partition coefficient (Wildman–Crippen LogP) is 1.69. The molecule has 0 saturated carbocycles. The van der Waals surface area contributed by atoms with E-state index in [1.54, 1.807) is 6.07 Å². The molecule has 1 aromatic carbocycles. The van der Waals surface area contributed by atoms with E-state index in [4.69, 9.17) is 5.73 Å². The molecule has 0 spiro atoms. The van der Waals surface area contributed by atoms with Gasteiger partial charge in [0.05, 0.1) is 17.7 Å². The molecule has 0 unspecified atom stereocenters. The molecular formula is C17H19FN4O2. The molecule has 2 heterocycles. The van der Waals surface area contributed by atoms with Gasteiger partial charge in [-0.3, -0.25) is 4.79 Å². The normalized spacial score (nSPS) is 22.4. The van der Waals surface area contributed by atoms with Gasteiger partial charge in [0, 0.05) is 24.2 Å². The summed E-state index contributed by atoms with van der Waals surface area (Å²) in [5.41, 5.74) is 9.07. The van der Waals surface area contributed by atoms with Crippen LogP contribution in [0.3, 0.4) is 0 Å². The summed E-state index contributed by atoms with van der Waals surface area (Å²) in [4.78, 5) is 13.0. The highest BCUT2D eigenvalue weighted by atomic mass is 19.1. The first-order chi connectivity index (χ1) is 11.5. The second kappa shape index (κ2) is 5.59. The van der Waals surface area contributed by atoms with Crippen molar-refractivity contribution in [3.8, 4) is 0 Å². The molecule has 4 rings (SSSR count). The van der Waals surface area contributed by atoms with Gasteiger partial charge < -0.3 is 16.2 Å². The lowest BCUT2D eigenvalue weighted by Crippen LogP contribution is -2.28. The van der Waals surface area contributed by atoms with Gasteiger partial charge in [-0.15, -0.1) is 0 Å². The molecule has 2 aromatic rings. The van der Waals surface area contributed by atoms with E-state index in [1.165, 1.54) is 16.8 Å². The third-order valence-electron chi connectivity index (χ3n) is 4.90. The van der Waals surface area contributed by atoms with Crippen LogP contribution in [0.1, 0.15) is 40.4 Å². The van der Waals surface area contributed by atoms with Crippen LogP contribution in [0.5, 0.6) is 0 Å². The van der Waals surface area contributed by atoms with Crippen molar-refractivity contribution in [2.24, 2.45) is 0 Å². The number of nitrogens with one attached hydrogen (secondary N) is 1. The summed E-state index contributed by atoms with van der Waals surface area (Å²) in [7, 11) is 0. The number of nitrogens with zero attached hydrogens (tertiary/aromatic N) is 2. The van der Waals surface area contributed by atoms with Crippen molar-refractivity contribution < 1.29 is 14.3 Å². The maximum absolute atomic E-state index is 13.6. The summed E-state index contributed by atoms with van der Waals surface area (Å²) in [6.07, 6.45) is 1.77. The average molecular weight is 330 g/mol. The van der Waals surface area contributed by atoms with E-state index < -0.39 is 12.0 Å². The van der Waals surface area contributed by atoms with Crippen molar-refractivity contribution in [3.05, 3.63) is 40.8 Å². The molecule has 2 atom stereocenters. The molecule has 7 heteroatoms. The van der Waals surface area contributed by atoms with E-state index in [9.17, 15) is 14.3 Å². The zero-order valence-corrected chi connectivity index (χ0v) is 13.1. The molecule has 24 heavy (non-hydrogen) atoms. The first-order valence-electron chi connectivity index (χ1n) is 8.16. The minimum Gasteiger partial charge on any atom is -0.393 e. The number of hydrogen-bond donors (Lipinski definition) is 3. The van der Waals surface area contributed by atoms with Gasteiger partial charge in [0.25, 0.3) is 5.91 Å². The zero-order valence-electron chi connectivity index (χ0n) is 13.1. The fraction of sp³-hybridized carbons (Fsp3) is 0.412. The number of rotatable bonds is 1. The Labute approximate surface area is 138 Å². The quantitative estimate of drug-likeness (QED) is 0.740. The van der Waals surface area contributed by atoms with Gasteiger partial charge in [0.1, 0.15) is 11.6 Å². The summed E-state index contributed by atoms with van der Waals surface area (Å²) in [6.45, 7) is 0.634. The number of aryl methyl sites for hydroxylation is 1. The van der Waals surface area contributed by atoms with Crippen LogP contribution in [0.25, 0.3) is 0 Å². The van der Waals surface area contributed by atoms with Gasteiger partial charge in [0.2, 0.25) is 0 Å². The Hall–Kier alpha value is -2.41. The van der Waals surface area contributed by atoms with Crippen LogP contribution in [-0.4, -0.2) is 33.4 Å². The number of benzene rings is 1. The molecule has 1 aromatic heterocycles. The Kier molecular flexibility index (Phi) is 3.53. The van der Waals surface area contributed by atoms with Crippen LogP contribution >= 0.6 is 0 Å². The minimum atomic E-state index is -0.481. The monoisotopic (exact) mass is 330 g/mol. The van der Waals surface area contributed by atoms with Crippen LogP contribution in [0.2, 0.25) is 0 Å². The second-order valence-electron chi connectivity index (χ2n) is 6.46. The highest BCUT2D eigenvalue weighted by Crippen LogP contribution is 2.35. The molecule has 1 aliphatic heterocycles. The molecule has 2 aliphatic rings. The molecule has 126 valence electrons. The van der Waals surface area contributed by atoms with Crippen LogP contribution in [0.4, 0.5) is 15.9 Å². The van der Waals surface area contributed by atoms with Gasteiger partial charge >= 0.3 is 0 Å². The molecule has 0 radical (unpaired) electrons. The van der Waals surface area contributed by atoms with Crippen molar-refractivity contribution in [3.63, 3.8) is 0 Å². The minimum absolute atomic E-state index is 0.246. The second-order valence-corrected chi connectivity index (χ2v) is 6.46. The number of aliphatic hydroxyl groups excluding tert-OH is 1. The fourth-order valence-electron chi connectivity index (χ4n) is 3.64. The topological polar surface area (TPSA) is 93.2 Å². The van der Waals surface area contributed by atoms with E-state index in [1.807, 2.05) is 0 Å². The Morgan fingerprint density at radius 2 is 2.25 bits per heavy atom. The van der Waals surface area contributed by atoms with E-state index in [0.717, 1.165) is 16.9 Å². The maximum atomic E-state index is 13.6. The van der Waals surface area contributed by atoms with E-state index in [2.05, 4.69) is 10.4 Å². The van der Waals surface area contributed by atoms with Crippen molar-refractivity contribution >= 4 is 17.4 Å². The fourth-order valence-corrected chi connectivity index (χ4v) is 3.64. The van der Waals surface area contributed by atoms with Crippen molar-refractivity contribution in [2.45, 2.75) is 37.7 Å². The van der Waals surface area contributed by atoms with E-state index in [-0.39, 0.29) is 11.7 Å². The molecule has 6 nitrogen and oxygen atoms in total. The molecule has 0 saturated heterocycles. The molecular weight excluding hydrogens is 311 g/mol. The van der Waals surface area contributed by atoms with Gasteiger partial charge in [-0.05, 0) is 43.0 Å². The first-order valence-corrected chi connectivity index (χ1v) is 8.16. The number of anilines is 2. The number of halogens is 1. The number of nitrogen functional groups attached to an aromatic ring is 1. The third-order valence-corrected chi connectivity index (χ3v) is 4.90. The SMILES string of the molecule is Nc1c2c(nn1C(=O)[C@H]1CCNc3ccc(F)cc31)CC[C@@H](O)C2. The highest BCUT2D eigenvalue weighted by Gasteiger charge is 2.32. The number of aromatic nitrogens is 2. The Bertz CT molecular complexity index is 817. The van der Waals surface area contributed by atoms with Crippen molar-refractivity contribution in [1.82, 2.24) is 9.78 Å². The van der Waals surface area contributed by atoms with E-state index in [0.29, 0.717) is 43.6 Å². The number of aliphatic hydroxyl groups is 1. The first kappa shape index (κ1) is 15.1. The largest absolute Gasteiger partial charge is 0.393 e. The third kappa shape index (κ3) is 2.36. The van der Waals surface area contributed by atoms with Crippen molar-refractivity contribution in [2.75, 3.05) is 17.6 Å². The number of nitrogens with two attached hydrogens (primary N) is 1. The number of carbonyl (C=O) groups excluding carboxylic acids is 1. The molecule has 0 fully saturated rings. The number of hydrogen-bond acceptors (Lipinski definition) is 5. The molecule has 0 amide bonds. The van der Waals surface area contributed by atoms with Gasteiger partial charge in [-0.1, -0.05) is 0 Å². The Balaban J connectivity index is 1.72. The molecule has 4 N–H and O–H groups in total. The predicted molar refractivity (Wildman–Crippen MR) is 87.5 cm³/mol. The lowest BCUT2D eigenvalue weighted by Gasteiger charge is -2.25. The van der Waals surface area contributed by atoms with Gasteiger partial charge in [-0.25, -0.2) is 4.39 Å².